The fourth-order valence-corrected chi connectivity index (χ4v) is 4.50. The number of fused-ring (bicyclic) bond motifs is 3. The minimum atomic E-state index is -0.216. The molecule has 3 atom stereocenters. The van der Waals surface area contributed by atoms with Crippen molar-refractivity contribution in [2.24, 2.45) is 4.99 Å². The van der Waals surface area contributed by atoms with Crippen molar-refractivity contribution in [1.29, 1.82) is 0 Å². The van der Waals surface area contributed by atoms with Crippen molar-refractivity contribution in [2.45, 2.75) is 32.1 Å². The number of guanidine groups is 1. The highest BCUT2D eigenvalue weighted by Crippen LogP contribution is 2.25. The second-order valence-corrected chi connectivity index (χ2v) is 8.08. The zero-order valence-corrected chi connectivity index (χ0v) is 19.7. The molecule has 4 saturated heterocycles. The lowest BCUT2D eigenvalue weighted by molar-refractivity contribution is -0.0606. The molecule has 0 spiro atoms. The molecule has 0 aliphatic carbocycles. The van der Waals surface area contributed by atoms with Crippen LogP contribution in [0.3, 0.4) is 0 Å². The third-order valence-electron chi connectivity index (χ3n) is 5.98. The van der Waals surface area contributed by atoms with Crippen LogP contribution in [0.2, 0.25) is 0 Å². The number of nitrogens with one attached hydrogen (secondary N) is 1. The Balaban J connectivity index is 0.00000240. The van der Waals surface area contributed by atoms with Crippen LogP contribution in [-0.2, 0) is 4.74 Å². The van der Waals surface area contributed by atoms with E-state index in [1.807, 2.05) is 12.1 Å². The van der Waals surface area contributed by atoms with Crippen molar-refractivity contribution in [3.05, 3.63) is 35.6 Å². The van der Waals surface area contributed by atoms with Crippen molar-refractivity contribution < 1.29 is 9.13 Å². The molecule has 0 amide bonds. The van der Waals surface area contributed by atoms with Crippen LogP contribution in [0.25, 0.3) is 0 Å². The summed E-state index contributed by atoms with van der Waals surface area (Å²) in [6.45, 7) is 13.2. The number of aliphatic imine (C=N–C) groups is 1. The fourth-order valence-electron chi connectivity index (χ4n) is 4.50. The lowest BCUT2D eigenvalue weighted by Crippen LogP contribution is -2.62. The predicted octanol–water partition coefficient (Wildman–Crippen LogP) is 2.17. The normalized spacial score (nSPS) is 32.0. The van der Waals surface area contributed by atoms with E-state index in [1.165, 1.54) is 25.2 Å². The fraction of sp³-hybridized carbons (Fsp3) is 0.667. The monoisotopic (exact) mass is 517 g/mol. The van der Waals surface area contributed by atoms with Gasteiger partial charge in [0.1, 0.15) is 11.9 Å². The minimum Gasteiger partial charge on any atom is -0.367 e. The van der Waals surface area contributed by atoms with Crippen LogP contribution >= 0.6 is 24.0 Å². The lowest BCUT2D eigenvalue weighted by atomic mass is 10.1. The summed E-state index contributed by atoms with van der Waals surface area (Å²) in [5, 5.41) is 3.47. The van der Waals surface area contributed by atoms with E-state index in [2.05, 4.69) is 33.9 Å². The Bertz CT molecular complexity index is 680. The minimum absolute atomic E-state index is 0. The smallest absolute Gasteiger partial charge is 0.194 e. The number of rotatable bonds is 4. The molecular formula is C21H33FIN5O. The maximum atomic E-state index is 13.3. The zero-order chi connectivity index (χ0) is 19.5. The van der Waals surface area contributed by atoms with Gasteiger partial charge in [-0.2, -0.15) is 0 Å². The van der Waals surface area contributed by atoms with E-state index < -0.39 is 0 Å². The first-order valence-corrected chi connectivity index (χ1v) is 10.5. The van der Waals surface area contributed by atoms with Gasteiger partial charge >= 0.3 is 0 Å². The average Bonchev–Trinajstić information content (AvgIpc) is 2.72. The second kappa shape index (κ2) is 10.4. The van der Waals surface area contributed by atoms with Crippen LogP contribution in [0.5, 0.6) is 0 Å². The maximum absolute atomic E-state index is 13.3. The Labute approximate surface area is 190 Å². The third-order valence-corrected chi connectivity index (χ3v) is 5.98. The van der Waals surface area contributed by atoms with Gasteiger partial charge in [-0.05, 0) is 31.5 Å². The largest absolute Gasteiger partial charge is 0.367 e. The molecule has 4 heterocycles. The first kappa shape index (κ1) is 22.7. The molecule has 1 aromatic carbocycles. The molecule has 4 aliphatic heterocycles. The van der Waals surface area contributed by atoms with Crippen LogP contribution < -0.4 is 5.32 Å². The molecule has 162 valence electrons. The summed E-state index contributed by atoms with van der Waals surface area (Å²) in [6.07, 6.45) is 0.0157. The van der Waals surface area contributed by atoms with Gasteiger partial charge < -0.3 is 15.0 Å². The molecule has 1 N–H and O–H groups in total. The molecule has 3 unspecified atom stereocenters. The Kier molecular flexibility index (Phi) is 8.12. The molecular weight excluding hydrogens is 484 g/mol. The second-order valence-electron chi connectivity index (χ2n) is 8.08. The van der Waals surface area contributed by atoms with Crippen LogP contribution in [0.15, 0.2) is 29.3 Å². The summed E-state index contributed by atoms with van der Waals surface area (Å²) in [5.41, 5.74) is 1.01. The van der Waals surface area contributed by atoms with Crippen molar-refractivity contribution in [2.75, 3.05) is 58.9 Å². The summed E-state index contributed by atoms with van der Waals surface area (Å²) < 4.78 is 19.4. The van der Waals surface area contributed by atoms with Gasteiger partial charge in [-0.25, -0.2) is 4.39 Å². The first-order valence-electron chi connectivity index (χ1n) is 10.5. The van der Waals surface area contributed by atoms with Crippen molar-refractivity contribution in [3.8, 4) is 0 Å². The molecule has 4 aliphatic rings. The number of piperazine rings is 3. The Hall–Kier alpha value is -0.970. The number of benzene rings is 1. The summed E-state index contributed by atoms with van der Waals surface area (Å²) >= 11 is 0. The van der Waals surface area contributed by atoms with E-state index >= 15 is 0 Å². The first-order chi connectivity index (χ1) is 13.6. The van der Waals surface area contributed by atoms with E-state index in [4.69, 9.17) is 9.73 Å². The van der Waals surface area contributed by atoms with Crippen LogP contribution in [0.4, 0.5) is 4.39 Å². The maximum Gasteiger partial charge on any atom is 0.194 e. The summed E-state index contributed by atoms with van der Waals surface area (Å²) in [4.78, 5) is 12.4. The van der Waals surface area contributed by atoms with Crippen molar-refractivity contribution >= 4 is 29.9 Å². The SMILES string of the molecule is CCNC(=NCC1CN2CCN1CC2)N1CC(C)OC(c2ccc(F)cc2)C1.I. The Morgan fingerprint density at radius 2 is 1.86 bits per heavy atom. The molecule has 6 nitrogen and oxygen atoms in total. The third kappa shape index (κ3) is 5.59. The molecule has 0 radical (unpaired) electrons. The van der Waals surface area contributed by atoms with Crippen molar-refractivity contribution in [1.82, 2.24) is 20.0 Å². The van der Waals surface area contributed by atoms with Gasteiger partial charge in [0, 0.05) is 51.9 Å². The van der Waals surface area contributed by atoms with Gasteiger partial charge in [0.05, 0.1) is 19.2 Å². The number of morpholine rings is 1. The molecule has 29 heavy (non-hydrogen) atoms. The molecule has 4 fully saturated rings. The number of halogens is 2. The van der Waals surface area contributed by atoms with Gasteiger partial charge in [-0.3, -0.25) is 14.8 Å². The molecule has 0 saturated carbocycles. The van der Waals surface area contributed by atoms with Crippen molar-refractivity contribution in [3.63, 3.8) is 0 Å². The number of nitrogens with zero attached hydrogens (tertiary/aromatic N) is 4. The van der Waals surface area contributed by atoms with Gasteiger partial charge in [0.25, 0.3) is 0 Å². The summed E-state index contributed by atoms with van der Waals surface area (Å²) in [6, 6.07) is 7.16. The number of ether oxygens (including phenoxy) is 1. The van der Waals surface area contributed by atoms with Gasteiger partial charge in [0.15, 0.2) is 5.96 Å². The molecule has 8 heteroatoms. The predicted molar refractivity (Wildman–Crippen MR) is 124 cm³/mol. The van der Waals surface area contributed by atoms with Gasteiger partial charge in [0.2, 0.25) is 0 Å². The molecule has 0 aromatic heterocycles. The van der Waals surface area contributed by atoms with E-state index in [9.17, 15) is 4.39 Å². The quantitative estimate of drug-likeness (QED) is 0.377. The molecule has 1 aromatic rings. The lowest BCUT2D eigenvalue weighted by Gasteiger charge is -2.47. The van der Waals surface area contributed by atoms with Crippen LogP contribution in [0, 0.1) is 5.82 Å². The average molecular weight is 517 g/mol. The number of hydrogen-bond donors (Lipinski definition) is 1. The summed E-state index contributed by atoms with van der Waals surface area (Å²) in [5.74, 6) is 0.745. The molecule has 2 bridgehead atoms. The number of hydrogen-bond acceptors (Lipinski definition) is 4. The highest BCUT2D eigenvalue weighted by atomic mass is 127. The van der Waals surface area contributed by atoms with Crippen LogP contribution in [-0.4, -0.2) is 91.7 Å². The summed E-state index contributed by atoms with van der Waals surface area (Å²) in [7, 11) is 0. The topological polar surface area (TPSA) is 43.3 Å². The van der Waals surface area contributed by atoms with E-state index in [-0.39, 0.29) is 42.0 Å². The van der Waals surface area contributed by atoms with E-state index in [1.54, 1.807) is 0 Å². The standard InChI is InChI=1S/C21H32FN5O.HI/c1-3-23-21(24-12-19-14-25-8-10-26(19)11-9-25)27-13-16(2)28-20(15-27)17-4-6-18(22)7-5-17;/h4-7,16,19-20H,3,8-15H2,1-2H3,(H,23,24);1H. The van der Waals surface area contributed by atoms with E-state index in [0.29, 0.717) is 6.04 Å². The Morgan fingerprint density at radius 1 is 1.14 bits per heavy atom. The molecule has 5 rings (SSSR count). The highest BCUT2D eigenvalue weighted by Gasteiger charge is 2.32. The van der Waals surface area contributed by atoms with Crippen LogP contribution in [0.1, 0.15) is 25.5 Å². The van der Waals surface area contributed by atoms with Gasteiger partial charge in [-0.15, -0.1) is 24.0 Å². The highest BCUT2D eigenvalue weighted by molar-refractivity contribution is 14.0. The zero-order valence-electron chi connectivity index (χ0n) is 17.4. The Morgan fingerprint density at radius 3 is 2.48 bits per heavy atom. The van der Waals surface area contributed by atoms with E-state index in [0.717, 1.165) is 57.3 Å². The van der Waals surface area contributed by atoms with Gasteiger partial charge in [-0.1, -0.05) is 12.1 Å².